The maximum Gasteiger partial charge on any atom is 0.255 e. The van der Waals surface area contributed by atoms with E-state index in [2.05, 4.69) is 21.8 Å². The summed E-state index contributed by atoms with van der Waals surface area (Å²) < 4.78 is 0. The number of rotatable bonds is 3. The second kappa shape index (κ2) is 7.17. The minimum atomic E-state index is -0.109. The highest BCUT2D eigenvalue weighted by Crippen LogP contribution is 2.11. The van der Waals surface area contributed by atoms with Crippen molar-refractivity contribution in [2.45, 2.75) is 6.54 Å². The van der Waals surface area contributed by atoms with Crippen molar-refractivity contribution in [3.05, 3.63) is 59.7 Å². The Bertz CT molecular complexity index is 673. The molecule has 0 fully saturated rings. The molecule has 0 aliphatic heterocycles. The van der Waals surface area contributed by atoms with Gasteiger partial charge in [-0.25, -0.2) is 0 Å². The summed E-state index contributed by atoms with van der Waals surface area (Å²) in [5.74, 6) is 5.51. The number of nitrogens with two attached hydrogens (primary N) is 1. The number of nitrogens with zero attached hydrogens (tertiary/aromatic N) is 3. The van der Waals surface area contributed by atoms with Crippen LogP contribution in [-0.2, 0) is 6.54 Å². The Morgan fingerprint density at radius 1 is 1.29 bits per heavy atom. The topological polar surface area (TPSA) is 72.1 Å². The first-order valence-corrected chi connectivity index (χ1v) is 6.49. The molecule has 1 amide bonds. The molecule has 2 aromatic rings. The zero-order valence-corrected chi connectivity index (χ0v) is 11.8. The van der Waals surface area contributed by atoms with Crippen molar-refractivity contribution in [3.63, 3.8) is 0 Å². The molecule has 2 rings (SSSR count). The van der Waals surface area contributed by atoms with Crippen LogP contribution in [0.4, 0.5) is 0 Å². The van der Waals surface area contributed by atoms with Gasteiger partial charge in [0, 0.05) is 38.4 Å². The Kier molecular flexibility index (Phi) is 5.02. The number of hydrogen-bond acceptors (Lipinski definition) is 4. The molecular weight excluding hydrogens is 264 g/mol. The van der Waals surface area contributed by atoms with E-state index < -0.39 is 0 Å². The van der Waals surface area contributed by atoms with Crippen LogP contribution >= 0.6 is 0 Å². The van der Waals surface area contributed by atoms with Gasteiger partial charge in [-0.2, -0.15) is 0 Å². The highest BCUT2D eigenvalue weighted by molar-refractivity contribution is 5.96. The van der Waals surface area contributed by atoms with E-state index in [1.807, 2.05) is 12.1 Å². The SMILES string of the molecule is CN(Cc1cccnc1)C(=O)c1ccncc1C#CCN. The Morgan fingerprint density at radius 3 is 2.81 bits per heavy atom. The Morgan fingerprint density at radius 2 is 2.10 bits per heavy atom. The fourth-order valence-corrected chi connectivity index (χ4v) is 1.87. The van der Waals surface area contributed by atoms with E-state index in [9.17, 15) is 4.79 Å². The van der Waals surface area contributed by atoms with Crippen LogP contribution in [-0.4, -0.2) is 34.4 Å². The molecule has 0 saturated carbocycles. The lowest BCUT2D eigenvalue weighted by molar-refractivity contribution is 0.0784. The molecule has 0 saturated heterocycles. The average molecular weight is 280 g/mol. The molecule has 0 bridgehead atoms. The lowest BCUT2D eigenvalue weighted by atomic mass is 10.1. The van der Waals surface area contributed by atoms with Crippen molar-refractivity contribution in [3.8, 4) is 11.8 Å². The van der Waals surface area contributed by atoms with Crippen LogP contribution in [0.25, 0.3) is 0 Å². The number of amides is 1. The van der Waals surface area contributed by atoms with Crippen molar-refractivity contribution in [2.75, 3.05) is 13.6 Å². The predicted molar refractivity (Wildman–Crippen MR) is 80.2 cm³/mol. The third-order valence-electron chi connectivity index (χ3n) is 2.87. The normalized spacial score (nSPS) is 9.62. The molecule has 0 aliphatic carbocycles. The van der Waals surface area contributed by atoms with Crippen LogP contribution in [0.5, 0.6) is 0 Å². The molecule has 0 unspecified atom stereocenters. The Balaban J connectivity index is 2.20. The lowest BCUT2D eigenvalue weighted by Crippen LogP contribution is -2.27. The number of carbonyl (C=O) groups is 1. The smallest absolute Gasteiger partial charge is 0.255 e. The van der Waals surface area contributed by atoms with E-state index in [-0.39, 0.29) is 12.5 Å². The van der Waals surface area contributed by atoms with Gasteiger partial charge in [0.15, 0.2) is 0 Å². The van der Waals surface area contributed by atoms with Crippen molar-refractivity contribution in [2.24, 2.45) is 5.73 Å². The van der Waals surface area contributed by atoms with Crippen molar-refractivity contribution in [1.29, 1.82) is 0 Å². The number of pyridine rings is 2. The Hall–Kier alpha value is -2.71. The van der Waals surface area contributed by atoms with Gasteiger partial charge in [-0.3, -0.25) is 14.8 Å². The monoisotopic (exact) mass is 280 g/mol. The summed E-state index contributed by atoms with van der Waals surface area (Å²) in [6.45, 7) is 0.729. The van der Waals surface area contributed by atoms with Crippen molar-refractivity contribution in [1.82, 2.24) is 14.9 Å². The minimum Gasteiger partial charge on any atom is -0.337 e. The van der Waals surface area contributed by atoms with Crippen LogP contribution in [0.3, 0.4) is 0 Å². The lowest BCUT2D eigenvalue weighted by Gasteiger charge is -2.17. The molecule has 5 nitrogen and oxygen atoms in total. The summed E-state index contributed by atoms with van der Waals surface area (Å²) in [5, 5.41) is 0. The molecule has 0 atom stereocenters. The highest BCUT2D eigenvalue weighted by atomic mass is 16.2. The van der Waals surface area contributed by atoms with E-state index in [1.54, 1.807) is 42.8 Å². The number of carbonyl (C=O) groups excluding carboxylic acids is 1. The third kappa shape index (κ3) is 3.88. The number of aromatic nitrogens is 2. The fourth-order valence-electron chi connectivity index (χ4n) is 1.87. The van der Waals surface area contributed by atoms with Gasteiger partial charge in [0.25, 0.3) is 5.91 Å². The Labute approximate surface area is 123 Å². The van der Waals surface area contributed by atoms with Gasteiger partial charge in [0.2, 0.25) is 0 Å². The molecule has 2 aromatic heterocycles. The summed E-state index contributed by atoms with van der Waals surface area (Å²) >= 11 is 0. The third-order valence-corrected chi connectivity index (χ3v) is 2.87. The molecule has 0 aliphatic rings. The molecule has 5 heteroatoms. The van der Waals surface area contributed by atoms with Crippen LogP contribution in [0.2, 0.25) is 0 Å². The zero-order valence-electron chi connectivity index (χ0n) is 11.8. The summed E-state index contributed by atoms with van der Waals surface area (Å²) in [5.41, 5.74) is 7.45. The summed E-state index contributed by atoms with van der Waals surface area (Å²) in [6.07, 6.45) is 6.60. The van der Waals surface area contributed by atoms with E-state index in [0.717, 1.165) is 5.56 Å². The number of hydrogen-bond donors (Lipinski definition) is 1. The molecule has 2 heterocycles. The minimum absolute atomic E-state index is 0.109. The second-order valence-corrected chi connectivity index (χ2v) is 4.45. The maximum absolute atomic E-state index is 12.5. The van der Waals surface area contributed by atoms with E-state index >= 15 is 0 Å². The first kappa shape index (κ1) is 14.7. The molecule has 0 spiro atoms. The maximum atomic E-state index is 12.5. The molecular formula is C16H16N4O. The van der Waals surface area contributed by atoms with Gasteiger partial charge in [-0.1, -0.05) is 17.9 Å². The van der Waals surface area contributed by atoms with Gasteiger partial charge < -0.3 is 10.6 Å². The summed E-state index contributed by atoms with van der Waals surface area (Å²) in [4.78, 5) is 22.2. The zero-order chi connectivity index (χ0) is 15.1. The largest absolute Gasteiger partial charge is 0.337 e. The van der Waals surface area contributed by atoms with E-state index in [0.29, 0.717) is 17.7 Å². The van der Waals surface area contributed by atoms with Crippen LogP contribution in [0.15, 0.2) is 43.0 Å². The van der Waals surface area contributed by atoms with Gasteiger partial charge in [0.1, 0.15) is 0 Å². The van der Waals surface area contributed by atoms with Crippen molar-refractivity contribution < 1.29 is 4.79 Å². The predicted octanol–water partition coefficient (Wildman–Crippen LogP) is 1.06. The van der Waals surface area contributed by atoms with E-state index in [4.69, 9.17) is 5.73 Å². The first-order chi connectivity index (χ1) is 10.2. The van der Waals surface area contributed by atoms with Gasteiger partial charge >= 0.3 is 0 Å². The summed E-state index contributed by atoms with van der Waals surface area (Å²) in [6, 6.07) is 5.44. The highest BCUT2D eigenvalue weighted by Gasteiger charge is 2.15. The molecule has 106 valence electrons. The van der Waals surface area contributed by atoms with Crippen molar-refractivity contribution >= 4 is 5.91 Å². The molecule has 0 aromatic carbocycles. The van der Waals surface area contributed by atoms with Gasteiger partial charge in [-0.15, -0.1) is 0 Å². The first-order valence-electron chi connectivity index (χ1n) is 6.49. The standard InChI is InChI=1S/C16H16N4O/c1-20(12-13-4-3-8-18-10-13)16(21)15-6-9-19-11-14(15)5-2-7-17/h3-4,6,8-11H,7,12,17H2,1H3. The fraction of sp³-hybridized carbons (Fsp3) is 0.188. The summed E-state index contributed by atoms with van der Waals surface area (Å²) in [7, 11) is 1.75. The second-order valence-electron chi connectivity index (χ2n) is 4.45. The quantitative estimate of drug-likeness (QED) is 0.853. The van der Waals surface area contributed by atoms with Crippen LogP contribution in [0, 0.1) is 11.8 Å². The van der Waals surface area contributed by atoms with Gasteiger partial charge in [0.05, 0.1) is 17.7 Å². The molecule has 21 heavy (non-hydrogen) atoms. The van der Waals surface area contributed by atoms with Gasteiger partial charge in [-0.05, 0) is 17.7 Å². The van der Waals surface area contributed by atoms with E-state index in [1.165, 1.54) is 0 Å². The molecule has 2 N–H and O–H groups in total. The van der Waals surface area contributed by atoms with Crippen LogP contribution in [0.1, 0.15) is 21.5 Å². The average Bonchev–Trinajstić information content (AvgIpc) is 2.53. The van der Waals surface area contributed by atoms with Crippen LogP contribution < -0.4 is 5.73 Å². The molecule has 0 radical (unpaired) electrons.